The van der Waals surface area contributed by atoms with Crippen molar-refractivity contribution < 1.29 is 36.8 Å². The molecule has 3 heterocycles. The van der Waals surface area contributed by atoms with E-state index in [1.807, 2.05) is 25.1 Å². The van der Waals surface area contributed by atoms with Gasteiger partial charge in [-0.1, -0.05) is 63.2 Å². The van der Waals surface area contributed by atoms with Crippen molar-refractivity contribution in [2.45, 2.75) is 102 Å². The average Bonchev–Trinajstić information content (AvgIpc) is 3.71. The van der Waals surface area contributed by atoms with Crippen molar-refractivity contribution in [2.24, 2.45) is 17.3 Å². The maximum Gasteiger partial charge on any atom is 0.481 e. The molecule has 2 bridgehead atoms. The van der Waals surface area contributed by atoms with Crippen LogP contribution in [0.4, 0.5) is 29.3 Å². The normalized spacial score (nSPS) is 26.8. The van der Waals surface area contributed by atoms with Crippen LogP contribution < -0.4 is 31.6 Å². The van der Waals surface area contributed by atoms with Gasteiger partial charge in [-0.05, 0) is 92.3 Å². The highest BCUT2D eigenvalue weighted by Gasteiger charge is 2.68. The molecule has 310 valence electrons. The second-order valence-electron chi connectivity index (χ2n) is 17.1. The SMILES string of the molecule is CC[C@H](NC(=O)[C@@H]1C[C@@](C)(NC(=O)Nc2ccccc2Oc2ccccc2)c2ncc(NCc3cccc(C(F)(F)F)c3)c(=O)n21)B1O[C@@H]2C[C@@H]3C[C@@H](C3(C)C)[C@]2(C)O1. The van der Waals surface area contributed by atoms with Gasteiger partial charge in [0.25, 0.3) is 5.56 Å². The van der Waals surface area contributed by atoms with Crippen molar-refractivity contribution in [1.29, 1.82) is 0 Å². The van der Waals surface area contributed by atoms with Gasteiger partial charge in [0.15, 0.2) is 5.75 Å². The van der Waals surface area contributed by atoms with Crippen LogP contribution in [0.1, 0.15) is 83.3 Å². The van der Waals surface area contributed by atoms with E-state index in [9.17, 15) is 27.6 Å². The summed E-state index contributed by atoms with van der Waals surface area (Å²) < 4.78 is 60.8. The number of benzene rings is 3. The lowest BCUT2D eigenvalue weighted by molar-refractivity contribution is -0.199. The van der Waals surface area contributed by atoms with Crippen molar-refractivity contribution >= 4 is 30.4 Å². The first-order valence-corrected chi connectivity index (χ1v) is 20.1. The van der Waals surface area contributed by atoms with Crippen LogP contribution in [0, 0.1) is 17.3 Å². The molecule has 4 aromatic rings. The number of anilines is 2. The van der Waals surface area contributed by atoms with Crippen molar-refractivity contribution in [1.82, 2.24) is 20.2 Å². The zero-order chi connectivity index (χ0) is 41.9. The van der Waals surface area contributed by atoms with E-state index in [0.29, 0.717) is 35.4 Å². The van der Waals surface area contributed by atoms with Gasteiger partial charge < -0.3 is 35.3 Å². The molecular formula is C43H48BF3N6O6. The third-order valence-corrected chi connectivity index (χ3v) is 13.0. The minimum absolute atomic E-state index is 0.0299. The summed E-state index contributed by atoms with van der Waals surface area (Å²) in [6.07, 6.45) is -0.990. The summed E-state index contributed by atoms with van der Waals surface area (Å²) in [5.41, 5.74) is -2.52. The molecule has 1 saturated heterocycles. The number of alkyl halides is 3. The molecule has 16 heteroatoms. The van der Waals surface area contributed by atoms with E-state index in [4.69, 9.17) is 14.0 Å². The zero-order valence-corrected chi connectivity index (χ0v) is 33.6. The number of urea groups is 1. The minimum atomic E-state index is -4.54. The number of ether oxygens (including phenoxy) is 1. The standard InChI is InChI=1S/C43H48BF3N6O6/c1-6-35(44-58-34-21-27-20-33(40(27,2)3)42(34,5)59-44)51-36(54)31-22-41(4,52-39(56)50-29-17-10-11-18-32(29)57-28-15-8-7-9-16-28)38-49-24-30(37(55)53(31)38)48-23-25-13-12-14-26(19-25)43(45,46)47/h7-19,24,27,31,33-35,48H,6,20-23H2,1-5H3,(H,51,54)(H2,50,52,56)/t27-,31-,33-,34+,35-,41+,42-/m0/s1. The fourth-order valence-corrected chi connectivity index (χ4v) is 9.62. The topological polar surface area (TPSA) is 145 Å². The molecule has 59 heavy (non-hydrogen) atoms. The number of hydrogen-bond donors (Lipinski definition) is 4. The summed E-state index contributed by atoms with van der Waals surface area (Å²) in [6.45, 7) is 10.1. The highest BCUT2D eigenvalue weighted by atomic mass is 19.4. The number of carbonyl (C=O) groups excluding carboxylic acids is 2. The molecule has 3 aliphatic carbocycles. The van der Waals surface area contributed by atoms with Crippen LogP contribution in [-0.2, 0) is 32.4 Å². The van der Waals surface area contributed by atoms with Crippen molar-refractivity contribution in [2.75, 3.05) is 10.6 Å². The largest absolute Gasteiger partial charge is 0.481 e. The second-order valence-corrected chi connectivity index (χ2v) is 17.1. The van der Waals surface area contributed by atoms with Crippen LogP contribution in [0.15, 0.2) is 89.9 Å². The predicted molar refractivity (Wildman–Crippen MR) is 216 cm³/mol. The molecule has 9 rings (SSSR count). The number of nitrogens with zero attached hydrogens (tertiary/aromatic N) is 2. The van der Waals surface area contributed by atoms with Gasteiger partial charge in [0, 0.05) is 13.0 Å². The Balaban J connectivity index is 1.05. The highest BCUT2D eigenvalue weighted by molar-refractivity contribution is 6.47. The van der Waals surface area contributed by atoms with E-state index in [1.165, 1.54) is 22.9 Å². The smallest absolute Gasteiger partial charge is 0.455 e. The van der Waals surface area contributed by atoms with Crippen LogP contribution in [0.5, 0.6) is 11.5 Å². The Morgan fingerprint density at radius 1 is 1.00 bits per heavy atom. The summed E-state index contributed by atoms with van der Waals surface area (Å²) in [7, 11) is -0.709. The molecule has 5 aliphatic rings. The van der Waals surface area contributed by atoms with Gasteiger partial charge >= 0.3 is 19.3 Å². The van der Waals surface area contributed by atoms with Crippen molar-refractivity contribution in [3.63, 3.8) is 0 Å². The first-order chi connectivity index (χ1) is 28.0. The van der Waals surface area contributed by atoms with E-state index < -0.39 is 59.5 Å². The third-order valence-electron chi connectivity index (χ3n) is 13.0. The van der Waals surface area contributed by atoms with Gasteiger partial charge in [0.2, 0.25) is 5.91 Å². The summed E-state index contributed by atoms with van der Waals surface area (Å²) in [6, 6.07) is 19.0. The Kier molecular flexibility index (Phi) is 10.3. The lowest BCUT2D eigenvalue weighted by atomic mass is 9.43. The van der Waals surface area contributed by atoms with Crippen LogP contribution in [0.25, 0.3) is 0 Å². The monoisotopic (exact) mass is 812 g/mol. The Bertz CT molecular complexity index is 2310. The quantitative estimate of drug-likeness (QED) is 0.112. The second kappa shape index (κ2) is 15.0. The van der Waals surface area contributed by atoms with Gasteiger partial charge in [-0.15, -0.1) is 0 Å². The van der Waals surface area contributed by atoms with Gasteiger partial charge in [0.05, 0.1) is 40.6 Å². The Morgan fingerprint density at radius 2 is 1.75 bits per heavy atom. The third kappa shape index (κ3) is 7.45. The highest BCUT2D eigenvalue weighted by Crippen LogP contribution is 2.65. The number of fused-ring (bicyclic) bond motifs is 1. The molecule has 7 atom stereocenters. The van der Waals surface area contributed by atoms with Gasteiger partial charge in [-0.3, -0.25) is 14.2 Å². The van der Waals surface area contributed by atoms with Crippen LogP contribution >= 0.6 is 0 Å². The molecular weight excluding hydrogens is 764 g/mol. The first kappa shape index (κ1) is 40.4. The first-order valence-electron chi connectivity index (χ1n) is 20.1. The van der Waals surface area contributed by atoms with Crippen LogP contribution in [-0.4, -0.2) is 46.3 Å². The molecule has 4 N–H and O–H groups in total. The molecule has 0 radical (unpaired) electrons. The number of carbonyl (C=O) groups is 2. The Morgan fingerprint density at radius 3 is 2.47 bits per heavy atom. The van der Waals surface area contributed by atoms with E-state index >= 15 is 0 Å². The summed E-state index contributed by atoms with van der Waals surface area (Å²) >= 11 is 0. The fourth-order valence-electron chi connectivity index (χ4n) is 9.62. The minimum Gasteiger partial charge on any atom is -0.455 e. The number of para-hydroxylation sites is 3. The van der Waals surface area contributed by atoms with Gasteiger partial charge in [-0.25, -0.2) is 9.78 Å². The number of hydrogen-bond acceptors (Lipinski definition) is 8. The maximum absolute atomic E-state index is 14.5. The van der Waals surface area contributed by atoms with E-state index in [-0.39, 0.29) is 41.6 Å². The molecule has 3 aromatic carbocycles. The number of amides is 3. The lowest BCUT2D eigenvalue weighted by Gasteiger charge is -2.64. The molecule has 3 amide bonds. The number of rotatable bonds is 11. The number of aromatic nitrogens is 2. The van der Waals surface area contributed by atoms with Crippen molar-refractivity contribution in [3.05, 3.63) is 112 Å². The van der Waals surface area contributed by atoms with E-state index in [1.54, 1.807) is 43.3 Å². The lowest BCUT2D eigenvalue weighted by Crippen LogP contribution is -2.65. The Hall–Kier alpha value is -5.35. The van der Waals surface area contributed by atoms with Gasteiger partial charge in [0.1, 0.15) is 23.3 Å². The number of nitrogens with one attached hydrogen (secondary N) is 4. The average molecular weight is 813 g/mol. The van der Waals surface area contributed by atoms with E-state index in [2.05, 4.69) is 47.0 Å². The van der Waals surface area contributed by atoms with E-state index in [0.717, 1.165) is 25.0 Å². The molecule has 0 spiro atoms. The number of halogens is 3. The van der Waals surface area contributed by atoms with Gasteiger partial charge in [-0.2, -0.15) is 13.2 Å². The molecule has 1 aromatic heterocycles. The predicted octanol–water partition coefficient (Wildman–Crippen LogP) is 7.81. The summed E-state index contributed by atoms with van der Waals surface area (Å²) in [4.78, 5) is 47.2. The molecule has 12 nitrogen and oxygen atoms in total. The van der Waals surface area contributed by atoms with Crippen LogP contribution in [0.3, 0.4) is 0 Å². The van der Waals surface area contributed by atoms with Crippen LogP contribution in [0.2, 0.25) is 0 Å². The van der Waals surface area contributed by atoms with Crippen molar-refractivity contribution in [3.8, 4) is 11.5 Å². The summed E-state index contributed by atoms with van der Waals surface area (Å²) in [5.74, 6) is 0.898. The molecule has 3 saturated carbocycles. The summed E-state index contributed by atoms with van der Waals surface area (Å²) in [5, 5.41) is 11.8. The fraction of sp³-hybridized carbons (Fsp3) is 0.442. The molecule has 4 fully saturated rings. The zero-order valence-electron chi connectivity index (χ0n) is 33.6. The Labute approximate surface area is 340 Å². The maximum atomic E-state index is 14.5. The molecule has 0 unspecified atom stereocenters. The molecule has 2 aliphatic heterocycles.